The van der Waals surface area contributed by atoms with Crippen molar-refractivity contribution < 1.29 is 13.2 Å². The van der Waals surface area contributed by atoms with Gasteiger partial charge in [-0.25, -0.2) is 13.6 Å². The van der Waals surface area contributed by atoms with Gasteiger partial charge in [0, 0.05) is 5.56 Å². The summed E-state index contributed by atoms with van der Waals surface area (Å²) in [4.78, 5) is 0.138. The van der Waals surface area contributed by atoms with E-state index in [0.717, 1.165) is 11.1 Å². The minimum Gasteiger partial charge on any atom is -0.457 e. The standard InChI is InChI=1S/C16H19NO3S/c1-4-14-15(21(17,18)19)10-11(2)12(3)16(14)20-13-8-6-5-7-9-13/h5-10H,4H2,1-3H3,(H2,17,18,19). The summed E-state index contributed by atoms with van der Waals surface area (Å²) in [5.41, 5.74) is 2.37. The molecule has 0 heterocycles. The van der Waals surface area contributed by atoms with E-state index in [1.165, 1.54) is 0 Å². The first-order valence-electron chi connectivity index (χ1n) is 6.73. The molecule has 0 fully saturated rings. The summed E-state index contributed by atoms with van der Waals surface area (Å²) < 4.78 is 29.5. The highest BCUT2D eigenvalue weighted by atomic mass is 32.2. The number of aryl methyl sites for hydroxylation is 1. The van der Waals surface area contributed by atoms with Crippen LogP contribution in [0.1, 0.15) is 23.6 Å². The van der Waals surface area contributed by atoms with Gasteiger partial charge < -0.3 is 4.74 Å². The van der Waals surface area contributed by atoms with Crippen LogP contribution in [0.25, 0.3) is 0 Å². The van der Waals surface area contributed by atoms with Crippen LogP contribution in [0.3, 0.4) is 0 Å². The molecule has 4 nitrogen and oxygen atoms in total. The topological polar surface area (TPSA) is 69.4 Å². The van der Waals surface area contributed by atoms with Gasteiger partial charge in [0.2, 0.25) is 10.0 Å². The number of para-hydroxylation sites is 1. The molecule has 0 amide bonds. The molecular weight excluding hydrogens is 286 g/mol. The Morgan fingerprint density at radius 1 is 1.14 bits per heavy atom. The fraction of sp³-hybridized carbons (Fsp3) is 0.250. The predicted octanol–water partition coefficient (Wildman–Crippen LogP) is 3.31. The van der Waals surface area contributed by atoms with E-state index >= 15 is 0 Å². The molecular formula is C16H19NO3S. The number of sulfonamides is 1. The predicted molar refractivity (Wildman–Crippen MR) is 83.2 cm³/mol. The molecule has 0 aromatic heterocycles. The molecule has 2 N–H and O–H groups in total. The van der Waals surface area contributed by atoms with Gasteiger partial charge in [-0.15, -0.1) is 0 Å². The summed E-state index contributed by atoms with van der Waals surface area (Å²) >= 11 is 0. The Bertz CT molecular complexity index is 753. The largest absolute Gasteiger partial charge is 0.457 e. The second-order valence-electron chi connectivity index (χ2n) is 4.94. The van der Waals surface area contributed by atoms with Crippen molar-refractivity contribution in [1.82, 2.24) is 0 Å². The Hall–Kier alpha value is -1.85. The van der Waals surface area contributed by atoms with Crippen LogP contribution in [-0.4, -0.2) is 8.42 Å². The van der Waals surface area contributed by atoms with Gasteiger partial charge in [-0.3, -0.25) is 0 Å². The molecule has 0 aliphatic rings. The van der Waals surface area contributed by atoms with E-state index in [9.17, 15) is 8.42 Å². The zero-order valence-electron chi connectivity index (χ0n) is 12.4. The number of hydrogen-bond acceptors (Lipinski definition) is 3. The number of rotatable bonds is 4. The van der Waals surface area contributed by atoms with E-state index in [1.54, 1.807) is 6.07 Å². The van der Waals surface area contributed by atoms with Crippen LogP contribution >= 0.6 is 0 Å². The minimum atomic E-state index is -3.78. The molecule has 0 saturated carbocycles. The average molecular weight is 305 g/mol. The van der Waals surface area contributed by atoms with Crippen molar-refractivity contribution in [1.29, 1.82) is 0 Å². The molecule has 112 valence electrons. The number of nitrogens with two attached hydrogens (primary N) is 1. The lowest BCUT2D eigenvalue weighted by Crippen LogP contribution is -2.16. The maximum absolute atomic E-state index is 11.8. The molecule has 2 rings (SSSR count). The second kappa shape index (κ2) is 5.87. The average Bonchev–Trinajstić information content (AvgIpc) is 2.43. The summed E-state index contributed by atoms with van der Waals surface area (Å²) in [6.45, 7) is 5.65. The molecule has 0 saturated heterocycles. The van der Waals surface area contributed by atoms with E-state index in [4.69, 9.17) is 9.88 Å². The molecule has 0 aliphatic heterocycles. The van der Waals surface area contributed by atoms with Crippen molar-refractivity contribution in [2.24, 2.45) is 5.14 Å². The molecule has 0 bridgehead atoms. The summed E-state index contributed by atoms with van der Waals surface area (Å²) in [5.74, 6) is 1.24. The van der Waals surface area contributed by atoms with Gasteiger partial charge in [0.05, 0.1) is 4.90 Å². The zero-order chi connectivity index (χ0) is 15.6. The molecule has 0 spiro atoms. The van der Waals surface area contributed by atoms with Gasteiger partial charge in [0.25, 0.3) is 0 Å². The molecule has 2 aromatic rings. The lowest BCUT2D eigenvalue weighted by molar-refractivity contribution is 0.469. The number of benzene rings is 2. The molecule has 5 heteroatoms. The van der Waals surface area contributed by atoms with E-state index in [2.05, 4.69) is 0 Å². The first-order chi connectivity index (χ1) is 9.84. The first kappa shape index (κ1) is 15.5. The van der Waals surface area contributed by atoms with E-state index in [1.807, 2.05) is 51.1 Å². The number of hydrogen-bond donors (Lipinski definition) is 1. The van der Waals surface area contributed by atoms with E-state index < -0.39 is 10.0 Å². The van der Waals surface area contributed by atoms with Crippen LogP contribution in [-0.2, 0) is 16.4 Å². The summed E-state index contributed by atoms with van der Waals surface area (Å²) in [7, 11) is -3.78. The van der Waals surface area contributed by atoms with Crippen LogP contribution in [0.15, 0.2) is 41.3 Å². The van der Waals surface area contributed by atoms with Gasteiger partial charge in [0.1, 0.15) is 11.5 Å². The van der Waals surface area contributed by atoms with Crippen LogP contribution in [0.2, 0.25) is 0 Å². The lowest BCUT2D eigenvalue weighted by atomic mass is 10.0. The molecule has 0 radical (unpaired) electrons. The van der Waals surface area contributed by atoms with E-state index in [-0.39, 0.29) is 4.90 Å². The molecule has 2 aromatic carbocycles. The molecule has 21 heavy (non-hydrogen) atoms. The van der Waals surface area contributed by atoms with Crippen LogP contribution in [0.5, 0.6) is 11.5 Å². The van der Waals surface area contributed by atoms with E-state index in [0.29, 0.717) is 23.5 Å². The van der Waals surface area contributed by atoms with Gasteiger partial charge >= 0.3 is 0 Å². The highest BCUT2D eigenvalue weighted by Gasteiger charge is 2.21. The van der Waals surface area contributed by atoms with Gasteiger partial charge in [0.15, 0.2) is 0 Å². The lowest BCUT2D eigenvalue weighted by Gasteiger charge is -2.18. The molecule has 0 atom stereocenters. The normalized spacial score (nSPS) is 11.4. The third kappa shape index (κ3) is 3.25. The third-order valence-electron chi connectivity index (χ3n) is 3.47. The second-order valence-corrected chi connectivity index (χ2v) is 6.47. The smallest absolute Gasteiger partial charge is 0.238 e. The zero-order valence-corrected chi connectivity index (χ0v) is 13.2. The van der Waals surface area contributed by atoms with Crippen molar-refractivity contribution in [3.63, 3.8) is 0 Å². The van der Waals surface area contributed by atoms with Gasteiger partial charge in [-0.1, -0.05) is 25.1 Å². The third-order valence-corrected chi connectivity index (χ3v) is 4.45. The van der Waals surface area contributed by atoms with Crippen LogP contribution in [0.4, 0.5) is 0 Å². The van der Waals surface area contributed by atoms with Crippen molar-refractivity contribution in [2.75, 3.05) is 0 Å². The fourth-order valence-corrected chi connectivity index (χ4v) is 3.16. The van der Waals surface area contributed by atoms with Crippen molar-refractivity contribution in [3.05, 3.63) is 53.1 Å². The SMILES string of the molecule is CCc1c(S(N)(=O)=O)cc(C)c(C)c1Oc1ccccc1. The summed E-state index contributed by atoms with van der Waals surface area (Å²) in [6.07, 6.45) is 0.523. The highest BCUT2D eigenvalue weighted by Crippen LogP contribution is 2.35. The van der Waals surface area contributed by atoms with Gasteiger partial charge in [-0.05, 0) is 49.6 Å². The fourth-order valence-electron chi connectivity index (χ4n) is 2.24. The van der Waals surface area contributed by atoms with Crippen molar-refractivity contribution >= 4 is 10.0 Å². The minimum absolute atomic E-state index is 0.138. The first-order valence-corrected chi connectivity index (χ1v) is 8.28. The molecule has 0 unspecified atom stereocenters. The number of primary sulfonamides is 1. The quantitative estimate of drug-likeness (QED) is 0.942. The van der Waals surface area contributed by atoms with Gasteiger partial charge in [-0.2, -0.15) is 0 Å². The summed E-state index contributed by atoms with van der Waals surface area (Å²) in [6, 6.07) is 10.9. The van der Waals surface area contributed by atoms with Crippen molar-refractivity contribution in [2.45, 2.75) is 32.1 Å². The Morgan fingerprint density at radius 2 is 1.76 bits per heavy atom. The molecule has 0 aliphatic carbocycles. The number of ether oxygens (including phenoxy) is 1. The Balaban J connectivity index is 2.66. The Morgan fingerprint density at radius 3 is 2.29 bits per heavy atom. The maximum Gasteiger partial charge on any atom is 0.238 e. The highest BCUT2D eigenvalue weighted by molar-refractivity contribution is 7.89. The van der Waals surface area contributed by atoms with Crippen molar-refractivity contribution in [3.8, 4) is 11.5 Å². The Kier molecular flexibility index (Phi) is 4.34. The van der Waals surface area contributed by atoms with Crippen LogP contribution < -0.4 is 9.88 Å². The summed E-state index contributed by atoms with van der Waals surface area (Å²) in [5, 5.41) is 5.33. The Labute approximate surface area is 125 Å². The maximum atomic E-state index is 11.8. The van der Waals surface area contributed by atoms with Crippen LogP contribution in [0, 0.1) is 13.8 Å². The monoisotopic (exact) mass is 305 g/mol.